The van der Waals surface area contributed by atoms with Crippen LogP contribution in [-0.2, 0) is 0 Å². The fraction of sp³-hybridized carbons (Fsp3) is 0.0476. The number of hydrogen-bond acceptors (Lipinski definition) is 3. The Balaban J connectivity index is 1.83. The van der Waals surface area contributed by atoms with E-state index >= 15 is 0 Å². The minimum atomic E-state index is -0.115. The summed E-state index contributed by atoms with van der Waals surface area (Å²) in [7, 11) is 0. The summed E-state index contributed by atoms with van der Waals surface area (Å²) in [5.41, 5.74) is 4.54. The van der Waals surface area contributed by atoms with E-state index in [1.54, 1.807) is 36.4 Å². The van der Waals surface area contributed by atoms with E-state index < -0.39 is 0 Å². The molecule has 0 fully saturated rings. The second-order valence-electron chi connectivity index (χ2n) is 5.92. The molecule has 0 spiro atoms. The number of anilines is 2. The van der Waals surface area contributed by atoms with Gasteiger partial charge in [0.25, 0.3) is 0 Å². The smallest absolute Gasteiger partial charge is 0.196 e. The van der Waals surface area contributed by atoms with Crippen molar-refractivity contribution in [1.29, 1.82) is 0 Å². The molecule has 3 aromatic rings. The van der Waals surface area contributed by atoms with Gasteiger partial charge in [0, 0.05) is 22.4 Å². The van der Waals surface area contributed by atoms with E-state index in [1.165, 1.54) is 0 Å². The van der Waals surface area contributed by atoms with Crippen LogP contribution in [0.25, 0.3) is 0 Å². The molecule has 0 aliphatic heterocycles. The van der Waals surface area contributed by atoms with Gasteiger partial charge in [-0.1, -0.05) is 54.1 Å². The number of hydrogen-bond donors (Lipinski definition) is 1. The Kier molecular flexibility index (Phi) is 3.28. The predicted octanol–water partition coefficient (Wildman–Crippen LogP) is 4.51. The van der Waals surface area contributed by atoms with E-state index in [4.69, 9.17) is 0 Å². The zero-order valence-electron chi connectivity index (χ0n) is 13.2. The zero-order chi connectivity index (χ0) is 16.7. The van der Waals surface area contributed by atoms with Crippen molar-refractivity contribution in [3.8, 4) is 0 Å². The third-order valence-electron chi connectivity index (χ3n) is 4.28. The summed E-state index contributed by atoms with van der Waals surface area (Å²) >= 11 is 0. The van der Waals surface area contributed by atoms with Crippen molar-refractivity contribution >= 4 is 22.9 Å². The van der Waals surface area contributed by atoms with Crippen molar-refractivity contribution in [3.63, 3.8) is 0 Å². The summed E-state index contributed by atoms with van der Waals surface area (Å²) in [5.74, 6) is -0.219. The van der Waals surface area contributed by atoms with Crippen molar-refractivity contribution in [1.82, 2.24) is 0 Å². The molecule has 4 rings (SSSR count). The van der Waals surface area contributed by atoms with Gasteiger partial charge in [-0.25, -0.2) is 0 Å². The van der Waals surface area contributed by atoms with E-state index in [0.717, 1.165) is 11.3 Å². The molecule has 1 aliphatic rings. The van der Waals surface area contributed by atoms with Crippen LogP contribution in [-0.4, -0.2) is 11.6 Å². The molecule has 0 aromatic heterocycles. The number of benzene rings is 3. The van der Waals surface area contributed by atoms with Crippen LogP contribution in [0, 0.1) is 6.92 Å². The Hall–Kier alpha value is -3.20. The molecule has 116 valence electrons. The molecule has 0 atom stereocenters. The maximum absolute atomic E-state index is 12.9. The lowest BCUT2D eigenvalue weighted by Gasteiger charge is -2.20. The van der Waals surface area contributed by atoms with E-state index in [2.05, 4.69) is 5.32 Å². The Morgan fingerprint density at radius 1 is 0.667 bits per heavy atom. The van der Waals surface area contributed by atoms with Gasteiger partial charge in [-0.2, -0.15) is 0 Å². The number of ketones is 2. The summed E-state index contributed by atoms with van der Waals surface area (Å²) in [4.78, 5) is 25.6. The van der Waals surface area contributed by atoms with Gasteiger partial charge in [0.2, 0.25) is 0 Å². The number of aryl methyl sites for hydroxylation is 1. The lowest BCUT2D eigenvalue weighted by molar-refractivity contribution is 0.0979. The topological polar surface area (TPSA) is 46.2 Å². The fourth-order valence-electron chi connectivity index (χ4n) is 3.04. The average Bonchev–Trinajstić information content (AvgIpc) is 2.61. The number of rotatable bonds is 2. The minimum absolute atomic E-state index is 0.104. The molecule has 0 amide bonds. The van der Waals surface area contributed by atoms with Crippen LogP contribution >= 0.6 is 0 Å². The van der Waals surface area contributed by atoms with Crippen molar-refractivity contribution in [2.75, 3.05) is 5.32 Å². The van der Waals surface area contributed by atoms with Gasteiger partial charge in [-0.15, -0.1) is 0 Å². The summed E-state index contributed by atoms with van der Waals surface area (Å²) in [5, 5.41) is 3.27. The third-order valence-corrected chi connectivity index (χ3v) is 4.28. The lowest BCUT2D eigenvalue weighted by atomic mass is 9.83. The standard InChI is InChI=1S/C21H15NO2/c1-13-9-11-14(12-10-13)22-18-8-4-7-17-19(18)21(24)16-6-3-2-5-15(16)20(17)23/h2-12,22H,1H3. The molecule has 3 heteroatoms. The third kappa shape index (κ3) is 2.22. The quantitative estimate of drug-likeness (QED) is 0.592. The van der Waals surface area contributed by atoms with Crippen molar-refractivity contribution in [2.24, 2.45) is 0 Å². The van der Waals surface area contributed by atoms with Crippen LogP contribution in [0.2, 0.25) is 0 Å². The molecule has 0 bridgehead atoms. The Morgan fingerprint density at radius 3 is 2.00 bits per heavy atom. The van der Waals surface area contributed by atoms with Crippen LogP contribution < -0.4 is 5.32 Å². The second kappa shape index (κ2) is 5.46. The molecule has 0 unspecified atom stereocenters. The number of fused-ring (bicyclic) bond motifs is 2. The molecule has 24 heavy (non-hydrogen) atoms. The molecular weight excluding hydrogens is 298 g/mol. The largest absolute Gasteiger partial charge is 0.355 e. The van der Waals surface area contributed by atoms with Gasteiger partial charge in [0.15, 0.2) is 11.6 Å². The Bertz CT molecular complexity index is 971. The van der Waals surface area contributed by atoms with Crippen molar-refractivity contribution < 1.29 is 9.59 Å². The van der Waals surface area contributed by atoms with E-state index in [-0.39, 0.29) is 11.6 Å². The molecule has 1 aliphatic carbocycles. The van der Waals surface area contributed by atoms with Crippen molar-refractivity contribution in [3.05, 3.63) is 94.5 Å². The van der Waals surface area contributed by atoms with Crippen LogP contribution in [0.3, 0.4) is 0 Å². The van der Waals surface area contributed by atoms with Crippen LogP contribution in [0.1, 0.15) is 37.4 Å². The molecule has 0 saturated carbocycles. The first-order chi connectivity index (χ1) is 11.6. The van der Waals surface area contributed by atoms with Crippen LogP contribution in [0.4, 0.5) is 11.4 Å². The molecule has 0 radical (unpaired) electrons. The number of carbonyl (C=O) groups excluding carboxylic acids is 2. The summed E-state index contributed by atoms with van der Waals surface area (Å²) < 4.78 is 0. The van der Waals surface area contributed by atoms with E-state index in [0.29, 0.717) is 27.9 Å². The first-order valence-electron chi connectivity index (χ1n) is 7.80. The highest BCUT2D eigenvalue weighted by molar-refractivity contribution is 6.30. The highest BCUT2D eigenvalue weighted by Gasteiger charge is 2.31. The highest BCUT2D eigenvalue weighted by atomic mass is 16.1. The van der Waals surface area contributed by atoms with Gasteiger partial charge >= 0.3 is 0 Å². The fourth-order valence-corrected chi connectivity index (χ4v) is 3.04. The summed E-state index contributed by atoms with van der Waals surface area (Å²) in [6.07, 6.45) is 0. The van der Waals surface area contributed by atoms with Crippen LogP contribution in [0.15, 0.2) is 66.7 Å². The predicted molar refractivity (Wildman–Crippen MR) is 94.2 cm³/mol. The molecule has 1 N–H and O–H groups in total. The van der Waals surface area contributed by atoms with E-state index in [1.807, 2.05) is 37.3 Å². The SMILES string of the molecule is Cc1ccc(Nc2cccc3c2C(=O)c2ccccc2C3=O)cc1. The van der Waals surface area contributed by atoms with Gasteiger partial charge < -0.3 is 5.32 Å². The van der Waals surface area contributed by atoms with Gasteiger partial charge in [0.1, 0.15) is 0 Å². The maximum Gasteiger partial charge on any atom is 0.196 e. The molecule has 0 heterocycles. The molecule has 0 saturated heterocycles. The van der Waals surface area contributed by atoms with Gasteiger partial charge in [0.05, 0.1) is 11.3 Å². The normalized spacial score (nSPS) is 12.5. The summed E-state index contributed by atoms with van der Waals surface area (Å²) in [6.45, 7) is 2.02. The van der Waals surface area contributed by atoms with Gasteiger partial charge in [-0.3, -0.25) is 9.59 Å². The Labute approximate surface area is 140 Å². The minimum Gasteiger partial charge on any atom is -0.355 e. The van der Waals surface area contributed by atoms with E-state index in [9.17, 15) is 9.59 Å². The first kappa shape index (κ1) is 14.4. The number of carbonyl (C=O) groups is 2. The first-order valence-corrected chi connectivity index (χ1v) is 7.80. The zero-order valence-corrected chi connectivity index (χ0v) is 13.2. The monoisotopic (exact) mass is 313 g/mol. The second-order valence-corrected chi connectivity index (χ2v) is 5.92. The van der Waals surface area contributed by atoms with Gasteiger partial charge in [-0.05, 0) is 25.1 Å². The number of nitrogens with one attached hydrogen (secondary N) is 1. The summed E-state index contributed by atoms with van der Waals surface area (Å²) in [6, 6.07) is 20.2. The maximum atomic E-state index is 12.9. The molecule has 3 nitrogen and oxygen atoms in total. The lowest BCUT2D eigenvalue weighted by Crippen LogP contribution is -2.22. The van der Waals surface area contributed by atoms with Crippen LogP contribution in [0.5, 0.6) is 0 Å². The highest BCUT2D eigenvalue weighted by Crippen LogP contribution is 2.33. The average molecular weight is 313 g/mol. The molecule has 3 aromatic carbocycles. The molecular formula is C21H15NO2. The Morgan fingerprint density at radius 2 is 1.29 bits per heavy atom. The van der Waals surface area contributed by atoms with Crippen molar-refractivity contribution in [2.45, 2.75) is 6.92 Å².